The predicted octanol–water partition coefficient (Wildman–Crippen LogP) is 4.10. The lowest BCUT2D eigenvalue weighted by Gasteiger charge is -2.32. The average Bonchev–Trinajstić information content (AvgIpc) is 3.09. The van der Waals surface area contributed by atoms with Crippen LogP contribution in [0.1, 0.15) is 43.2 Å². The summed E-state index contributed by atoms with van der Waals surface area (Å²) in [6.07, 6.45) is 3.19. The van der Waals surface area contributed by atoms with E-state index in [-0.39, 0.29) is 11.8 Å². The van der Waals surface area contributed by atoms with Crippen LogP contribution in [-0.4, -0.2) is 17.5 Å². The molecule has 4 nitrogen and oxygen atoms in total. The van der Waals surface area contributed by atoms with Crippen LogP contribution in [0.2, 0.25) is 5.02 Å². The number of benzene rings is 1. The summed E-state index contributed by atoms with van der Waals surface area (Å²) in [6.45, 7) is 4.60. The van der Waals surface area contributed by atoms with E-state index in [1.807, 2.05) is 24.4 Å². The van der Waals surface area contributed by atoms with Crippen LogP contribution in [0.15, 0.2) is 29.8 Å². The molecule has 2 aromatic rings. The number of nitrogens with zero attached hydrogens (tertiary/aromatic N) is 1. The van der Waals surface area contributed by atoms with Gasteiger partial charge < -0.3 is 10.1 Å². The zero-order valence-corrected chi connectivity index (χ0v) is 14.7. The molecule has 122 valence electrons. The smallest absolute Gasteiger partial charge is 0.228 e. The van der Waals surface area contributed by atoms with Gasteiger partial charge in [-0.1, -0.05) is 18.5 Å². The highest BCUT2D eigenvalue weighted by Gasteiger charge is 2.34. The zero-order valence-electron chi connectivity index (χ0n) is 13.1. The zero-order chi connectivity index (χ0) is 16.4. The summed E-state index contributed by atoms with van der Waals surface area (Å²) in [5.41, 5.74) is 0.404. The highest BCUT2D eigenvalue weighted by Crippen LogP contribution is 2.37. The number of carbonyl (C=O) groups excluding carboxylic acids is 1. The van der Waals surface area contributed by atoms with Gasteiger partial charge in [-0.2, -0.15) is 0 Å². The third kappa shape index (κ3) is 3.21. The Balaban J connectivity index is 1.86. The molecule has 23 heavy (non-hydrogen) atoms. The summed E-state index contributed by atoms with van der Waals surface area (Å²) in [5.74, 6) is 0.493. The number of nitrogens with one attached hydrogen (secondary N) is 1. The van der Waals surface area contributed by atoms with Crippen LogP contribution < -0.4 is 10.1 Å². The largest absolute Gasteiger partial charge is 0.493 e. The number of thiazole rings is 1. The van der Waals surface area contributed by atoms with Gasteiger partial charge in [0.05, 0.1) is 18.1 Å². The van der Waals surface area contributed by atoms with Crippen LogP contribution in [0.5, 0.6) is 5.75 Å². The number of hydrogen-bond donors (Lipinski definition) is 1. The Morgan fingerprint density at radius 2 is 2.39 bits per heavy atom. The Hall–Kier alpha value is -1.59. The second-order valence-electron chi connectivity index (χ2n) is 5.88. The van der Waals surface area contributed by atoms with Crippen molar-refractivity contribution in [1.29, 1.82) is 0 Å². The van der Waals surface area contributed by atoms with Crippen LogP contribution in [0.25, 0.3) is 0 Å². The summed E-state index contributed by atoms with van der Waals surface area (Å²) < 4.78 is 5.64. The second kappa shape index (κ2) is 6.49. The molecule has 2 atom stereocenters. The fourth-order valence-corrected chi connectivity index (χ4v) is 3.79. The van der Waals surface area contributed by atoms with Crippen LogP contribution in [0.3, 0.4) is 0 Å². The van der Waals surface area contributed by atoms with Crippen molar-refractivity contribution in [1.82, 2.24) is 10.3 Å². The third-order valence-electron chi connectivity index (χ3n) is 4.34. The summed E-state index contributed by atoms with van der Waals surface area (Å²) in [6, 6.07) is 5.44. The van der Waals surface area contributed by atoms with Gasteiger partial charge in [-0.05, 0) is 38.0 Å². The first-order chi connectivity index (χ1) is 11.0. The van der Waals surface area contributed by atoms with Gasteiger partial charge in [0.15, 0.2) is 0 Å². The first-order valence-electron chi connectivity index (χ1n) is 7.68. The van der Waals surface area contributed by atoms with Crippen molar-refractivity contribution in [3.8, 4) is 5.75 Å². The topological polar surface area (TPSA) is 51.2 Å². The van der Waals surface area contributed by atoms with Gasteiger partial charge in [0, 0.05) is 22.2 Å². The molecule has 1 aromatic carbocycles. The number of rotatable bonds is 4. The molecule has 0 fully saturated rings. The van der Waals surface area contributed by atoms with Gasteiger partial charge in [-0.3, -0.25) is 4.79 Å². The van der Waals surface area contributed by atoms with Crippen molar-refractivity contribution >= 4 is 28.8 Å². The number of hydrogen-bond acceptors (Lipinski definition) is 4. The minimum absolute atomic E-state index is 0.00336. The Labute approximate surface area is 144 Å². The molecule has 0 bridgehead atoms. The number of halogens is 1. The molecular weight excluding hydrogens is 332 g/mol. The van der Waals surface area contributed by atoms with Gasteiger partial charge in [0.25, 0.3) is 0 Å². The fourth-order valence-electron chi connectivity index (χ4n) is 2.79. The Morgan fingerprint density at radius 1 is 1.57 bits per heavy atom. The normalized spacial score (nSPS) is 19.3. The van der Waals surface area contributed by atoms with Gasteiger partial charge in [-0.15, -0.1) is 11.3 Å². The van der Waals surface area contributed by atoms with E-state index >= 15 is 0 Å². The van der Waals surface area contributed by atoms with Crippen molar-refractivity contribution in [3.05, 3.63) is 45.4 Å². The van der Waals surface area contributed by atoms with Crippen LogP contribution >= 0.6 is 22.9 Å². The lowest BCUT2D eigenvalue weighted by atomic mass is 9.90. The van der Waals surface area contributed by atoms with Crippen molar-refractivity contribution in [3.63, 3.8) is 0 Å². The van der Waals surface area contributed by atoms with Crippen LogP contribution in [-0.2, 0) is 10.3 Å². The molecule has 6 heteroatoms. The summed E-state index contributed by atoms with van der Waals surface area (Å²) in [5, 5.41) is 6.65. The molecule has 1 aromatic heterocycles. The molecule has 3 rings (SSSR count). The minimum atomic E-state index is -0.456. The van der Waals surface area contributed by atoms with Crippen LogP contribution in [0.4, 0.5) is 0 Å². The maximum atomic E-state index is 12.9. The number of fused-ring (bicyclic) bond motifs is 1. The lowest BCUT2D eigenvalue weighted by molar-refractivity contribution is -0.125. The molecule has 1 aliphatic heterocycles. The molecule has 2 heterocycles. The average molecular weight is 351 g/mol. The molecule has 0 spiro atoms. The molecule has 1 N–H and O–H groups in total. The third-order valence-corrected chi connectivity index (χ3v) is 5.61. The van der Waals surface area contributed by atoms with E-state index in [9.17, 15) is 4.79 Å². The van der Waals surface area contributed by atoms with Gasteiger partial charge in [0.1, 0.15) is 10.8 Å². The molecule has 1 amide bonds. The highest BCUT2D eigenvalue weighted by atomic mass is 35.5. The highest BCUT2D eigenvalue weighted by molar-refractivity contribution is 7.09. The predicted molar refractivity (Wildman–Crippen MR) is 92.2 cm³/mol. The molecule has 2 unspecified atom stereocenters. The molecular formula is C17H19ClN2O2S. The number of amides is 1. The van der Waals surface area contributed by atoms with E-state index in [0.717, 1.165) is 22.7 Å². The van der Waals surface area contributed by atoms with E-state index in [1.165, 1.54) is 0 Å². The molecule has 0 radical (unpaired) electrons. The number of ether oxygens (including phenoxy) is 1. The molecule has 0 saturated carbocycles. The Kier molecular flexibility index (Phi) is 4.60. The summed E-state index contributed by atoms with van der Waals surface area (Å²) in [7, 11) is 0. The van der Waals surface area contributed by atoms with Crippen LogP contribution in [0, 0.1) is 0 Å². The fraction of sp³-hybridized carbons (Fsp3) is 0.412. The standard InChI is InChI=1S/C17H19ClN2O2S/c1-3-17(2,16-19-7-9-23-16)20-15(21)12-6-8-22-14-5-4-11(18)10-13(12)14/h4-5,7,9-10,12H,3,6,8H2,1-2H3,(H,20,21). The van der Waals surface area contributed by atoms with Crippen molar-refractivity contribution < 1.29 is 9.53 Å². The van der Waals surface area contributed by atoms with Crippen molar-refractivity contribution in [2.45, 2.75) is 38.1 Å². The Morgan fingerprint density at radius 3 is 3.09 bits per heavy atom. The second-order valence-corrected chi connectivity index (χ2v) is 7.22. The van der Waals surface area contributed by atoms with E-state index in [1.54, 1.807) is 23.6 Å². The molecule has 0 aliphatic carbocycles. The SMILES string of the molecule is CCC(C)(NC(=O)C1CCOc2ccc(Cl)cc21)c1nccs1. The maximum Gasteiger partial charge on any atom is 0.228 e. The van der Waals surface area contributed by atoms with Gasteiger partial charge in [-0.25, -0.2) is 4.98 Å². The molecule has 0 saturated heterocycles. The van der Waals surface area contributed by atoms with Crippen molar-refractivity contribution in [2.24, 2.45) is 0 Å². The first kappa shape index (κ1) is 16.3. The number of aromatic nitrogens is 1. The van der Waals surface area contributed by atoms with E-state index in [4.69, 9.17) is 16.3 Å². The van der Waals surface area contributed by atoms with Crippen molar-refractivity contribution in [2.75, 3.05) is 6.61 Å². The van der Waals surface area contributed by atoms with Gasteiger partial charge >= 0.3 is 0 Å². The Bertz CT molecular complexity index is 705. The van der Waals surface area contributed by atoms with Gasteiger partial charge in [0.2, 0.25) is 5.91 Å². The van der Waals surface area contributed by atoms with E-state index in [2.05, 4.69) is 17.2 Å². The summed E-state index contributed by atoms with van der Waals surface area (Å²) in [4.78, 5) is 17.3. The molecule has 1 aliphatic rings. The van der Waals surface area contributed by atoms with E-state index in [0.29, 0.717) is 18.1 Å². The maximum absolute atomic E-state index is 12.9. The first-order valence-corrected chi connectivity index (χ1v) is 8.93. The summed E-state index contributed by atoms with van der Waals surface area (Å²) >= 11 is 7.65. The minimum Gasteiger partial charge on any atom is -0.493 e. The monoisotopic (exact) mass is 350 g/mol. The lowest BCUT2D eigenvalue weighted by Crippen LogP contribution is -2.45. The quantitative estimate of drug-likeness (QED) is 0.903. The van der Waals surface area contributed by atoms with E-state index < -0.39 is 5.54 Å². The number of carbonyl (C=O) groups is 1.